The lowest BCUT2D eigenvalue weighted by Gasteiger charge is -2.35. The van der Waals surface area contributed by atoms with Crippen LogP contribution in [-0.4, -0.2) is 57.1 Å². The van der Waals surface area contributed by atoms with Gasteiger partial charge in [0.1, 0.15) is 11.6 Å². The highest BCUT2D eigenvalue weighted by atomic mass is 19.1. The van der Waals surface area contributed by atoms with E-state index in [0.717, 1.165) is 23.9 Å². The molecule has 1 aliphatic heterocycles. The third-order valence-electron chi connectivity index (χ3n) is 4.65. The van der Waals surface area contributed by atoms with Crippen LogP contribution in [0, 0.1) is 18.6 Å². The highest BCUT2D eigenvalue weighted by Gasteiger charge is 2.23. The summed E-state index contributed by atoms with van der Waals surface area (Å²) in [6.45, 7) is 3.84. The number of anilines is 2. The summed E-state index contributed by atoms with van der Waals surface area (Å²) in [5, 5.41) is 15.2. The molecule has 150 valence electrons. The lowest BCUT2D eigenvalue weighted by Crippen LogP contribution is -2.50. The number of urea groups is 1. The number of rotatable bonds is 3. The minimum Gasteiger partial charge on any atom is -0.352 e. The molecule has 0 unspecified atom stereocenters. The summed E-state index contributed by atoms with van der Waals surface area (Å²) < 4.78 is 28.6. The standard InChI is InChI=1S/C19H19F2N7O/c1-13-6-7-28(25-13)18-5-4-17(23-24-18)26-8-10-27(11-9-26)19(29)22-16-12-14(20)2-3-15(16)21/h2-7,12H,8-11H2,1H3,(H,22,29). The topological polar surface area (TPSA) is 79.2 Å². The van der Waals surface area contributed by atoms with Crippen LogP contribution in [0.15, 0.2) is 42.6 Å². The van der Waals surface area contributed by atoms with Crippen LogP contribution in [0.5, 0.6) is 0 Å². The van der Waals surface area contributed by atoms with E-state index in [1.807, 2.05) is 36.2 Å². The van der Waals surface area contributed by atoms with E-state index in [-0.39, 0.29) is 5.69 Å². The molecule has 29 heavy (non-hydrogen) atoms. The van der Waals surface area contributed by atoms with Crippen molar-refractivity contribution in [3.05, 3.63) is 59.9 Å². The van der Waals surface area contributed by atoms with Crippen LogP contribution >= 0.6 is 0 Å². The Morgan fingerprint density at radius 2 is 1.72 bits per heavy atom. The molecule has 10 heteroatoms. The van der Waals surface area contributed by atoms with Crippen LogP contribution in [0.4, 0.5) is 25.1 Å². The van der Waals surface area contributed by atoms with E-state index >= 15 is 0 Å². The second-order valence-corrected chi connectivity index (χ2v) is 6.68. The summed E-state index contributed by atoms with van der Waals surface area (Å²) in [5.41, 5.74) is 0.719. The minimum absolute atomic E-state index is 0.173. The second-order valence-electron chi connectivity index (χ2n) is 6.68. The number of aromatic nitrogens is 4. The number of nitrogens with one attached hydrogen (secondary N) is 1. The van der Waals surface area contributed by atoms with Crippen molar-refractivity contribution in [3.8, 4) is 5.82 Å². The van der Waals surface area contributed by atoms with Gasteiger partial charge < -0.3 is 15.1 Å². The second kappa shape index (κ2) is 7.82. The molecule has 0 spiro atoms. The number of carbonyl (C=O) groups is 1. The smallest absolute Gasteiger partial charge is 0.322 e. The predicted molar refractivity (Wildman–Crippen MR) is 103 cm³/mol. The van der Waals surface area contributed by atoms with Crippen LogP contribution in [0.2, 0.25) is 0 Å². The summed E-state index contributed by atoms with van der Waals surface area (Å²) in [5.74, 6) is 0.0331. The average Bonchev–Trinajstić information content (AvgIpc) is 3.17. The Hall–Kier alpha value is -3.56. The molecule has 0 bridgehead atoms. The Morgan fingerprint density at radius 1 is 1.00 bits per heavy atom. The molecule has 0 aliphatic carbocycles. The molecule has 8 nitrogen and oxygen atoms in total. The molecule has 3 aromatic rings. The van der Waals surface area contributed by atoms with E-state index in [1.165, 1.54) is 0 Å². The first-order chi connectivity index (χ1) is 14.0. The normalized spacial score (nSPS) is 14.2. The Kier molecular flexibility index (Phi) is 5.07. The van der Waals surface area contributed by atoms with Gasteiger partial charge in [-0.05, 0) is 37.3 Å². The quantitative estimate of drug-likeness (QED) is 0.733. The summed E-state index contributed by atoms with van der Waals surface area (Å²) >= 11 is 0. The number of nitrogens with zero attached hydrogens (tertiary/aromatic N) is 6. The van der Waals surface area contributed by atoms with Crippen molar-refractivity contribution >= 4 is 17.5 Å². The molecule has 1 aliphatic rings. The van der Waals surface area contributed by atoms with Crippen LogP contribution < -0.4 is 10.2 Å². The summed E-state index contributed by atoms with van der Waals surface area (Å²) in [6.07, 6.45) is 1.82. The van der Waals surface area contributed by atoms with Crippen molar-refractivity contribution in [2.75, 3.05) is 36.4 Å². The Balaban J connectivity index is 1.35. The van der Waals surface area contributed by atoms with Crippen molar-refractivity contribution in [3.63, 3.8) is 0 Å². The number of piperazine rings is 1. The minimum atomic E-state index is -0.680. The van der Waals surface area contributed by atoms with Gasteiger partial charge in [-0.2, -0.15) is 5.10 Å². The van der Waals surface area contributed by atoms with Gasteiger partial charge in [-0.25, -0.2) is 18.3 Å². The van der Waals surface area contributed by atoms with Gasteiger partial charge in [-0.1, -0.05) is 0 Å². The largest absolute Gasteiger partial charge is 0.352 e. The van der Waals surface area contributed by atoms with Gasteiger partial charge in [-0.15, -0.1) is 10.2 Å². The molecule has 1 aromatic carbocycles. The maximum Gasteiger partial charge on any atom is 0.322 e. The zero-order chi connectivity index (χ0) is 20.4. The first-order valence-corrected chi connectivity index (χ1v) is 9.12. The lowest BCUT2D eigenvalue weighted by atomic mass is 10.3. The summed E-state index contributed by atoms with van der Waals surface area (Å²) in [4.78, 5) is 15.9. The van der Waals surface area contributed by atoms with Crippen molar-refractivity contribution in [1.82, 2.24) is 24.9 Å². The number of hydrogen-bond donors (Lipinski definition) is 1. The number of carbonyl (C=O) groups excluding carboxylic acids is 1. The van der Waals surface area contributed by atoms with E-state index < -0.39 is 17.7 Å². The molecule has 4 rings (SSSR count). The molecular weight excluding hydrogens is 380 g/mol. The van der Waals surface area contributed by atoms with Gasteiger partial charge in [-0.3, -0.25) is 0 Å². The number of halogens is 2. The SMILES string of the molecule is Cc1ccn(-c2ccc(N3CCN(C(=O)Nc4cc(F)ccc4F)CC3)nn2)n1. The third-order valence-corrected chi connectivity index (χ3v) is 4.65. The van der Waals surface area contributed by atoms with Crippen molar-refractivity contribution in [2.45, 2.75) is 6.92 Å². The average molecular weight is 399 g/mol. The summed E-state index contributed by atoms with van der Waals surface area (Å²) in [7, 11) is 0. The fourth-order valence-corrected chi connectivity index (χ4v) is 3.08. The molecule has 1 N–H and O–H groups in total. The molecule has 0 saturated carbocycles. The summed E-state index contributed by atoms with van der Waals surface area (Å²) in [6, 6.07) is 8.05. The van der Waals surface area contributed by atoms with Gasteiger partial charge in [0.15, 0.2) is 11.6 Å². The maximum atomic E-state index is 13.7. The van der Waals surface area contributed by atoms with E-state index in [0.29, 0.717) is 37.8 Å². The van der Waals surface area contributed by atoms with Crippen LogP contribution in [0.3, 0.4) is 0 Å². The number of aryl methyl sites for hydroxylation is 1. The monoisotopic (exact) mass is 399 g/mol. The first-order valence-electron chi connectivity index (χ1n) is 9.12. The number of amides is 2. The molecule has 3 heterocycles. The fourth-order valence-electron chi connectivity index (χ4n) is 3.08. The zero-order valence-electron chi connectivity index (χ0n) is 15.7. The van der Waals surface area contributed by atoms with Gasteiger partial charge in [0.2, 0.25) is 0 Å². The van der Waals surface area contributed by atoms with E-state index in [4.69, 9.17) is 0 Å². The van der Waals surface area contributed by atoms with E-state index in [2.05, 4.69) is 20.6 Å². The van der Waals surface area contributed by atoms with Crippen molar-refractivity contribution in [1.29, 1.82) is 0 Å². The molecule has 0 atom stereocenters. The van der Waals surface area contributed by atoms with E-state index in [1.54, 1.807) is 9.58 Å². The highest BCUT2D eigenvalue weighted by Crippen LogP contribution is 2.18. The van der Waals surface area contributed by atoms with Crippen LogP contribution in [0.1, 0.15) is 5.69 Å². The zero-order valence-corrected chi connectivity index (χ0v) is 15.7. The van der Waals surface area contributed by atoms with Gasteiger partial charge in [0, 0.05) is 38.4 Å². The lowest BCUT2D eigenvalue weighted by molar-refractivity contribution is 0.208. The molecule has 0 radical (unpaired) electrons. The van der Waals surface area contributed by atoms with Crippen LogP contribution in [-0.2, 0) is 0 Å². The van der Waals surface area contributed by atoms with Crippen molar-refractivity contribution < 1.29 is 13.6 Å². The first kappa shape index (κ1) is 18.8. The number of hydrogen-bond acceptors (Lipinski definition) is 5. The predicted octanol–water partition coefficient (Wildman–Crippen LogP) is 2.60. The molecule has 2 aromatic heterocycles. The van der Waals surface area contributed by atoms with Crippen molar-refractivity contribution in [2.24, 2.45) is 0 Å². The Labute approximate surface area is 165 Å². The molecule has 2 amide bonds. The Bertz CT molecular complexity index is 1010. The van der Waals surface area contributed by atoms with Crippen LogP contribution in [0.25, 0.3) is 5.82 Å². The maximum absolute atomic E-state index is 13.7. The fraction of sp³-hybridized carbons (Fsp3) is 0.263. The van der Waals surface area contributed by atoms with E-state index in [9.17, 15) is 13.6 Å². The van der Waals surface area contributed by atoms with Gasteiger partial charge >= 0.3 is 6.03 Å². The molecular formula is C19H19F2N7O. The van der Waals surface area contributed by atoms with Gasteiger partial charge in [0.05, 0.1) is 11.4 Å². The Morgan fingerprint density at radius 3 is 2.38 bits per heavy atom. The van der Waals surface area contributed by atoms with Gasteiger partial charge in [0.25, 0.3) is 0 Å². The number of benzene rings is 1. The molecule has 1 saturated heterocycles. The molecule has 1 fully saturated rings. The highest BCUT2D eigenvalue weighted by molar-refractivity contribution is 5.89. The third kappa shape index (κ3) is 4.15.